The highest BCUT2D eigenvalue weighted by molar-refractivity contribution is 5.96. The number of amides is 1. The molecule has 1 aromatic carbocycles. The van der Waals surface area contributed by atoms with Gasteiger partial charge < -0.3 is 10.4 Å². The number of phenols is 1. The van der Waals surface area contributed by atoms with Crippen molar-refractivity contribution >= 4 is 5.91 Å². The van der Waals surface area contributed by atoms with Gasteiger partial charge in [-0.1, -0.05) is 45.2 Å². The molecule has 0 aliphatic rings. The summed E-state index contributed by atoms with van der Waals surface area (Å²) in [7, 11) is 0. The van der Waals surface area contributed by atoms with E-state index in [1.54, 1.807) is 18.2 Å². The summed E-state index contributed by atoms with van der Waals surface area (Å²) < 4.78 is 0. The maximum absolute atomic E-state index is 12.0. The highest BCUT2D eigenvalue weighted by atomic mass is 16.3. The first-order chi connectivity index (χ1) is 8.69. The molecule has 0 radical (unpaired) electrons. The SMILES string of the molecule is CCCCCC(CC)NC(=O)c1ccccc1O. The van der Waals surface area contributed by atoms with E-state index in [9.17, 15) is 9.90 Å². The number of hydrogen-bond acceptors (Lipinski definition) is 2. The van der Waals surface area contributed by atoms with E-state index in [0.29, 0.717) is 5.56 Å². The van der Waals surface area contributed by atoms with Crippen molar-refractivity contribution in [2.24, 2.45) is 0 Å². The van der Waals surface area contributed by atoms with Crippen LogP contribution < -0.4 is 5.32 Å². The zero-order chi connectivity index (χ0) is 13.4. The second kappa shape index (κ2) is 7.75. The molecule has 18 heavy (non-hydrogen) atoms. The van der Waals surface area contributed by atoms with Gasteiger partial charge in [0.1, 0.15) is 5.75 Å². The third kappa shape index (κ3) is 4.40. The molecule has 0 aromatic heterocycles. The van der Waals surface area contributed by atoms with Gasteiger partial charge in [-0.2, -0.15) is 0 Å². The lowest BCUT2D eigenvalue weighted by Gasteiger charge is -2.17. The van der Waals surface area contributed by atoms with Gasteiger partial charge in [-0.25, -0.2) is 0 Å². The zero-order valence-electron chi connectivity index (χ0n) is 11.3. The van der Waals surface area contributed by atoms with Gasteiger partial charge in [0, 0.05) is 6.04 Å². The predicted octanol–water partition coefficient (Wildman–Crippen LogP) is 3.48. The molecule has 100 valence electrons. The Morgan fingerprint density at radius 1 is 1.28 bits per heavy atom. The average Bonchev–Trinajstić information content (AvgIpc) is 2.38. The highest BCUT2D eigenvalue weighted by Crippen LogP contribution is 2.16. The number of aromatic hydroxyl groups is 1. The number of carbonyl (C=O) groups excluding carboxylic acids is 1. The predicted molar refractivity (Wildman–Crippen MR) is 73.8 cm³/mol. The third-order valence-electron chi connectivity index (χ3n) is 3.13. The summed E-state index contributed by atoms with van der Waals surface area (Å²) in [4.78, 5) is 12.0. The Morgan fingerprint density at radius 3 is 2.61 bits per heavy atom. The van der Waals surface area contributed by atoms with Crippen LogP contribution in [0.15, 0.2) is 24.3 Å². The molecule has 1 unspecified atom stereocenters. The molecule has 3 heteroatoms. The molecule has 1 amide bonds. The van der Waals surface area contributed by atoms with Crippen LogP contribution in [0.2, 0.25) is 0 Å². The maximum Gasteiger partial charge on any atom is 0.255 e. The van der Waals surface area contributed by atoms with Crippen LogP contribution in [-0.4, -0.2) is 17.1 Å². The molecule has 0 fully saturated rings. The first kappa shape index (κ1) is 14.6. The molecule has 0 bridgehead atoms. The van der Waals surface area contributed by atoms with Gasteiger partial charge in [-0.3, -0.25) is 4.79 Å². The standard InChI is InChI=1S/C15H23NO2/c1-3-5-6-9-12(4-2)16-15(18)13-10-7-8-11-14(13)17/h7-8,10-12,17H,3-6,9H2,1-2H3,(H,16,18). The summed E-state index contributed by atoms with van der Waals surface area (Å²) in [6.45, 7) is 4.24. The molecule has 1 atom stereocenters. The molecule has 1 aromatic rings. The monoisotopic (exact) mass is 249 g/mol. The van der Waals surface area contributed by atoms with Gasteiger partial charge in [0.25, 0.3) is 5.91 Å². The fraction of sp³-hybridized carbons (Fsp3) is 0.533. The molecule has 3 nitrogen and oxygen atoms in total. The lowest BCUT2D eigenvalue weighted by molar-refractivity contribution is 0.0930. The van der Waals surface area contributed by atoms with Crippen molar-refractivity contribution in [2.45, 2.75) is 52.0 Å². The van der Waals surface area contributed by atoms with Crippen LogP contribution in [-0.2, 0) is 0 Å². The Labute approximate surface area is 109 Å². The maximum atomic E-state index is 12.0. The Morgan fingerprint density at radius 2 is 2.00 bits per heavy atom. The van der Waals surface area contributed by atoms with Crippen LogP contribution in [0.1, 0.15) is 56.3 Å². The normalized spacial score (nSPS) is 12.1. The minimum absolute atomic E-state index is 0.0402. The Kier molecular flexibility index (Phi) is 6.26. The van der Waals surface area contributed by atoms with Crippen molar-refractivity contribution < 1.29 is 9.90 Å². The van der Waals surface area contributed by atoms with E-state index in [-0.39, 0.29) is 17.7 Å². The van der Waals surface area contributed by atoms with E-state index in [4.69, 9.17) is 0 Å². The summed E-state index contributed by atoms with van der Waals surface area (Å²) in [5.41, 5.74) is 0.353. The molecular formula is C15H23NO2. The molecular weight excluding hydrogens is 226 g/mol. The molecule has 0 saturated carbocycles. The average molecular weight is 249 g/mol. The first-order valence-corrected chi connectivity index (χ1v) is 6.77. The lowest BCUT2D eigenvalue weighted by atomic mass is 10.1. The number of benzene rings is 1. The fourth-order valence-electron chi connectivity index (χ4n) is 1.95. The summed E-state index contributed by atoms with van der Waals surface area (Å²) in [6.07, 6.45) is 5.44. The van der Waals surface area contributed by atoms with Gasteiger partial charge >= 0.3 is 0 Å². The van der Waals surface area contributed by atoms with E-state index in [2.05, 4.69) is 19.2 Å². The van der Waals surface area contributed by atoms with E-state index < -0.39 is 0 Å². The molecule has 0 aliphatic heterocycles. The number of para-hydroxylation sites is 1. The van der Waals surface area contributed by atoms with E-state index in [1.165, 1.54) is 18.9 Å². The summed E-state index contributed by atoms with van der Waals surface area (Å²) in [5, 5.41) is 12.6. The van der Waals surface area contributed by atoms with Crippen molar-refractivity contribution in [1.29, 1.82) is 0 Å². The molecule has 0 saturated heterocycles. The molecule has 0 heterocycles. The van der Waals surface area contributed by atoms with E-state index in [0.717, 1.165) is 19.3 Å². The van der Waals surface area contributed by atoms with Gasteiger partial charge in [0.15, 0.2) is 0 Å². The molecule has 0 spiro atoms. The zero-order valence-corrected chi connectivity index (χ0v) is 11.3. The summed E-state index contributed by atoms with van der Waals surface area (Å²) >= 11 is 0. The largest absolute Gasteiger partial charge is 0.507 e. The van der Waals surface area contributed by atoms with Crippen LogP contribution in [0.25, 0.3) is 0 Å². The molecule has 2 N–H and O–H groups in total. The fourth-order valence-corrected chi connectivity index (χ4v) is 1.95. The number of unbranched alkanes of at least 4 members (excludes halogenated alkanes) is 2. The minimum Gasteiger partial charge on any atom is -0.507 e. The van der Waals surface area contributed by atoms with Gasteiger partial charge in [-0.05, 0) is 25.0 Å². The second-order valence-electron chi connectivity index (χ2n) is 4.59. The van der Waals surface area contributed by atoms with Crippen molar-refractivity contribution in [3.8, 4) is 5.75 Å². The second-order valence-corrected chi connectivity index (χ2v) is 4.59. The number of phenolic OH excluding ortho intramolecular Hbond substituents is 1. The quantitative estimate of drug-likeness (QED) is 0.727. The van der Waals surface area contributed by atoms with Gasteiger partial charge in [0.2, 0.25) is 0 Å². The Balaban J connectivity index is 2.54. The number of carbonyl (C=O) groups is 1. The molecule has 1 rings (SSSR count). The Hall–Kier alpha value is -1.51. The van der Waals surface area contributed by atoms with E-state index >= 15 is 0 Å². The Bertz CT molecular complexity index is 377. The van der Waals surface area contributed by atoms with Crippen LogP contribution in [0.3, 0.4) is 0 Å². The summed E-state index contributed by atoms with van der Waals surface area (Å²) in [5.74, 6) is -0.144. The smallest absolute Gasteiger partial charge is 0.255 e. The number of nitrogens with one attached hydrogen (secondary N) is 1. The molecule has 0 aliphatic carbocycles. The topological polar surface area (TPSA) is 49.3 Å². The van der Waals surface area contributed by atoms with Crippen molar-refractivity contribution in [1.82, 2.24) is 5.32 Å². The van der Waals surface area contributed by atoms with Crippen LogP contribution in [0.4, 0.5) is 0 Å². The number of rotatable bonds is 7. The van der Waals surface area contributed by atoms with E-state index in [1.807, 2.05) is 0 Å². The van der Waals surface area contributed by atoms with Crippen LogP contribution in [0.5, 0.6) is 5.75 Å². The van der Waals surface area contributed by atoms with Crippen molar-refractivity contribution in [3.05, 3.63) is 29.8 Å². The van der Waals surface area contributed by atoms with Crippen LogP contribution >= 0.6 is 0 Å². The van der Waals surface area contributed by atoms with Crippen molar-refractivity contribution in [3.63, 3.8) is 0 Å². The first-order valence-electron chi connectivity index (χ1n) is 6.77. The summed E-state index contributed by atoms with van der Waals surface area (Å²) in [6, 6.07) is 6.84. The van der Waals surface area contributed by atoms with Gasteiger partial charge in [-0.15, -0.1) is 0 Å². The van der Waals surface area contributed by atoms with Crippen molar-refractivity contribution in [2.75, 3.05) is 0 Å². The number of hydrogen-bond donors (Lipinski definition) is 2. The minimum atomic E-state index is -0.184. The van der Waals surface area contributed by atoms with Crippen LogP contribution in [0, 0.1) is 0 Å². The highest BCUT2D eigenvalue weighted by Gasteiger charge is 2.14. The lowest BCUT2D eigenvalue weighted by Crippen LogP contribution is -2.34. The van der Waals surface area contributed by atoms with Gasteiger partial charge in [0.05, 0.1) is 5.56 Å². The third-order valence-corrected chi connectivity index (χ3v) is 3.13.